The molecular formula is C23H25NO3. The lowest BCUT2D eigenvalue weighted by Gasteiger charge is -2.24. The number of hydrogen-bond donors (Lipinski definition) is 0. The van der Waals surface area contributed by atoms with E-state index in [2.05, 4.69) is 24.3 Å². The van der Waals surface area contributed by atoms with Gasteiger partial charge in [-0.3, -0.25) is 4.79 Å². The van der Waals surface area contributed by atoms with Crippen molar-refractivity contribution in [3.05, 3.63) is 72.0 Å². The van der Waals surface area contributed by atoms with Gasteiger partial charge in [0.15, 0.2) is 0 Å². The predicted octanol–water partition coefficient (Wildman–Crippen LogP) is 4.57. The number of rotatable bonds is 7. The van der Waals surface area contributed by atoms with E-state index in [0.29, 0.717) is 19.7 Å². The lowest BCUT2D eigenvalue weighted by Crippen LogP contribution is -2.39. The summed E-state index contributed by atoms with van der Waals surface area (Å²) in [6.07, 6.45) is 3.34. The van der Waals surface area contributed by atoms with Gasteiger partial charge in [0.25, 0.3) is 5.91 Å². The van der Waals surface area contributed by atoms with Gasteiger partial charge in [-0.05, 0) is 43.4 Å². The van der Waals surface area contributed by atoms with E-state index in [0.717, 1.165) is 42.4 Å². The van der Waals surface area contributed by atoms with Crippen LogP contribution in [0, 0.1) is 0 Å². The van der Waals surface area contributed by atoms with Gasteiger partial charge in [0, 0.05) is 18.5 Å². The van der Waals surface area contributed by atoms with Crippen LogP contribution in [0.15, 0.2) is 65.1 Å². The van der Waals surface area contributed by atoms with Crippen molar-refractivity contribution in [1.29, 1.82) is 0 Å². The summed E-state index contributed by atoms with van der Waals surface area (Å²) in [5.74, 6) is 0.906. The normalized spacial score (nSPS) is 16.7. The molecule has 1 atom stereocenters. The van der Waals surface area contributed by atoms with Crippen molar-refractivity contribution in [1.82, 2.24) is 4.90 Å². The Balaban J connectivity index is 1.45. The predicted molar refractivity (Wildman–Crippen MR) is 105 cm³/mol. The molecule has 1 saturated heterocycles. The Labute approximate surface area is 159 Å². The zero-order valence-corrected chi connectivity index (χ0v) is 15.5. The molecule has 0 spiro atoms. The Hall–Kier alpha value is -2.59. The van der Waals surface area contributed by atoms with Crippen molar-refractivity contribution < 1.29 is 13.9 Å². The first-order valence-electron chi connectivity index (χ1n) is 9.71. The highest BCUT2D eigenvalue weighted by Crippen LogP contribution is 2.22. The number of amides is 1. The monoisotopic (exact) mass is 363 g/mol. The highest BCUT2D eigenvalue weighted by Gasteiger charge is 2.28. The van der Waals surface area contributed by atoms with Gasteiger partial charge in [0.1, 0.15) is 17.4 Å². The molecule has 1 amide bonds. The lowest BCUT2D eigenvalue weighted by atomic mass is 10.1. The first-order chi connectivity index (χ1) is 13.3. The minimum absolute atomic E-state index is 0.0843. The van der Waals surface area contributed by atoms with Crippen LogP contribution in [0.5, 0.6) is 0 Å². The van der Waals surface area contributed by atoms with E-state index in [1.165, 1.54) is 5.56 Å². The lowest BCUT2D eigenvalue weighted by molar-refractivity contribution is -0.141. The van der Waals surface area contributed by atoms with Gasteiger partial charge in [0.2, 0.25) is 0 Å². The largest absolute Gasteiger partial charge is 0.459 e. The smallest absolute Gasteiger partial charge is 0.252 e. The van der Waals surface area contributed by atoms with Crippen LogP contribution in [0.3, 0.4) is 0 Å². The molecular weight excluding hydrogens is 338 g/mol. The number of nitrogens with zero attached hydrogens (tertiary/aromatic N) is 1. The van der Waals surface area contributed by atoms with Gasteiger partial charge < -0.3 is 14.1 Å². The molecule has 0 unspecified atom stereocenters. The minimum atomic E-state index is -0.300. The molecule has 0 radical (unpaired) electrons. The summed E-state index contributed by atoms with van der Waals surface area (Å²) in [7, 11) is 0. The van der Waals surface area contributed by atoms with Crippen molar-refractivity contribution in [2.75, 3.05) is 13.2 Å². The summed E-state index contributed by atoms with van der Waals surface area (Å²) in [5.41, 5.74) is 2.16. The molecule has 3 aromatic rings. The molecule has 4 heteroatoms. The maximum Gasteiger partial charge on any atom is 0.252 e. The molecule has 2 heterocycles. The average molecular weight is 363 g/mol. The van der Waals surface area contributed by atoms with Crippen LogP contribution in [0.1, 0.15) is 30.6 Å². The van der Waals surface area contributed by atoms with E-state index in [-0.39, 0.29) is 12.0 Å². The van der Waals surface area contributed by atoms with Crippen LogP contribution in [0.4, 0.5) is 0 Å². The van der Waals surface area contributed by atoms with Gasteiger partial charge in [-0.2, -0.15) is 0 Å². The Morgan fingerprint density at radius 3 is 2.67 bits per heavy atom. The van der Waals surface area contributed by atoms with Gasteiger partial charge in [0.05, 0.1) is 6.54 Å². The summed E-state index contributed by atoms with van der Waals surface area (Å²) in [6.45, 7) is 1.87. The first kappa shape index (κ1) is 17.8. The molecule has 0 saturated carbocycles. The van der Waals surface area contributed by atoms with Gasteiger partial charge in [-0.1, -0.05) is 48.5 Å². The maximum atomic E-state index is 13.0. The molecule has 4 nitrogen and oxygen atoms in total. The molecule has 27 heavy (non-hydrogen) atoms. The molecule has 1 fully saturated rings. The van der Waals surface area contributed by atoms with E-state index in [1.807, 2.05) is 41.3 Å². The highest BCUT2D eigenvalue weighted by atomic mass is 16.5. The van der Waals surface area contributed by atoms with E-state index >= 15 is 0 Å². The third-order valence-corrected chi connectivity index (χ3v) is 5.08. The third-order valence-electron chi connectivity index (χ3n) is 5.08. The fraction of sp³-hybridized carbons (Fsp3) is 0.348. The summed E-state index contributed by atoms with van der Waals surface area (Å²) in [6, 6.07) is 20.4. The van der Waals surface area contributed by atoms with Crippen LogP contribution >= 0.6 is 0 Å². The molecule has 4 rings (SSSR count). The second-order valence-electron chi connectivity index (χ2n) is 7.10. The van der Waals surface area contributed by atoms with Crippen LogP contribution in [-0.2, 0) is 22.5 Å². The van der Waals surface area contributed by atoms with E-state index in [1.54, 1.807) is 0 Å². The van der Waals surface area contributed by atoms with Gasteiger partial charge >= 0.3 is 0 Å². The average Bonchev–Trinajstić information content (AvgIpc) is 3.37. The molecule has 2 aromatic carbocycles. The SMILES string of the molecule is O=C([C@H]1CCCO1)N(CCCc1ccccc1)Cc1cc2ccccc2o1. The second kappa shape index (κ2) is 8.40. The maximum absolute atomic E-state index is 13.0. The zero-order chi connectivity index (χ0) is 18.5. The first-order valence-corrected chi connectivity index (χ1v) is 9.71. The number of fused-ring (bicyclic) bond motifs is 1. The van der Waals surface area contributed by atoms with Crippen LogP contribution in [0.2, 0.25) is 0 Å². The fourth-order valence-electron chi connectivity index (χ4n) is 3.66. The van der Waals surface area contributed by atoms with Crippen LogP contribution in [-0.4, -0.2) is 30.1 Å². The number of para-hydroxylation sites is 1. The Morgan fingerprint density at radius 2 is 1.89 bits per heavy atom. The molecule has 1 aromatic heterocycles. The second-order valence-corrected chi connectivity index (χ2v) is 7.10. The summed E-state index contributed by atoms with van der Waals surface area (Å²) in [5, 5.41) is 1.07. The number of aryl methyl sites for hydroxylation is 1. The molecule has 0 bridgehead atoms. The number of furan rings is 1. The van der Waals surface area contributed by atoms with Crippen molar-refractivity contribution in [2.24, 2.45) is 0 Å². The number of carbonyl (C=O) groups excluding carboxylic acids is 1. The molecule has 1 aliphatic rings. The Bertz CT molecular complexity index is 848. The molecule has 140 valence electrons. The van der Waals surface area contributed by atoms with Crippen molar-refractivity contribution in [2.45, 2.75) is 38.3 Å². The van der Waals surface area contributed by atoms with E-state index in [9.17, 15) is 4.79 Å². The topological polar surface area (TPSA) is 42.7 Å². The quantitative estimate of drug-likeness (QED) is 0.617. The van der Waals surface area contributed by atoms with Crippen LogP contribution < -0.4 is 0 Å². The summed E-state index contributed by atoms with van der Waals surface area (Å²) < 4.78 is 11.6. The summed E-state index contributed by atoms with van der Waals surface area (Å²) >= 11 is 0. The van der Waals surface area contributed by atoms with Gasteiger partial charge in [-0.25, -0.2) is 0 Å². The third kappa shape index (κ3) is 4.40. The number of hydrogen-bond acceptors (Lipinski definition) is 3. The van der Waals surface area contributed by atoms with Crippen molar-refractivity contribution >= 4 is 16.9 Å². The van der Waals surface area contributed by atoms with Crippen molar-refractivity contribution in [3.63, 3.8) is 0 Å². The van der Waals surface area contributed by atoms with E-state index < -0.39 is 0 Å². The fourth-order valence-corrected chi connectivity index (χ4v) is 3.66. The Morgan fingerprint density at radius 1 is 1.07 bits per heavy atom. The minimum Gasteiger partial charge on any atom is -0.459 e. The van der Waals surface area contributed by atoms with Gasteiger partial charge in [-0.15, -0.1) is 0 Å². The van der Waals surface area contributed by atoms with Crippen LogP contribution in [0.25, 0.3) is 11.0 Å². The molecule has 0 N–H and O–H groups in total. The highest BCUT2D eigenvalue weighted by molar-refractivity contribution is 5.81. The molecule has 0 aliphatic carbocycles. The summed E-state index contributed by atoms with van der Waals surface area (Å²) in [4.78, 5) is 14.9. The Kier molecular flexibility index (Phi) is 5.54. The number of benzene rings is 2. The van der Waals surface area contributed by atoms with E-state index in [4.69, 9.17) is 9.15 Å². The standard InChI is InChI=1S/C23H25NO3/c25-23(22-13-7-15-26-22)24(14-6-10-18-8-2-1-3-9-18)17-20-16-19-11-4-5-12-21(19)27-20/h1-5,8-9,11-12,16,22H,6-7,10,13-15,17H2/t22-/m1/s1. The van der Waals surface area contributed by atoms with Crippen molar-refractivity contribution in [3.8, 4) is 0 Å². The molecule has 1 aliphatic heterocycles. The number of carbonyl (C=O) groups is 1. The number of ether oxygens (including phenoxy) is 1. The zero-order valence-electron chi connectivity index (χ0n) is 15.5.